The van der Waals surface area contributed by atoms with Gasteiger partial charge in [-0.3, -0.25) is 4.79 Å². The molecule has 1 atom stereocenters. The number of carbonyl (C=O) groups excluding carboxylic acids is 1. The Hall–Kier alpha value is -1.75. The van der Waals surface area contributed by atoms with Gasteiger partial charge in [0.15, 0.2) is 0 Å². The molecule has 22 heavy (non-hydrogen) atoms. The summed E-state index contributed by atoms with van der Waals surface area (Å²) >= 11 is 5.81. The molecule has 1 aromatic carbocycles. The quantitative estimate of drug-likeness (QED) is 0.899. The predicted molar refractivity (Wildman–Crippen MR) is 85.1 cm³/mol. The highest BCUT2D eigenvalue weighted by Crippen LogP contribution is 2.16. The first kappa shape index (κ1) is 18.3. The third-order valence-electron chi connectivity index (χ3n) is 2.94. The zero-order valence-electron chi connectivity index (χ0n) is 13.3. The van der Waals surface area contributed by atoms with Crippen LogP contribution in [0.25, 0.3) is 0 Å². The molecule has 1 rings (SSSR count). The van der Waals surface area contributed by atoms with Gasteiger partial charge in [0.1, 0.15) is 5.60 Å². The van der Waals surface area contributed by atoms with Gasteiger partial charge in [-0.15, -0.1) is 0 Å². The molecule has 0 radical (unpaired) electrons. The van der Waals surface area contributed by atoms with Gasteiger partial charge in [0.2, 0.25) is 0 Å². The molecule has 5 nitrogen and oxygen atoms in total. The number of hydrogen-bond donors (Lipinski definition) is 1. The Kier molecular flexibility index (Phi) is 6.23. The molecule has 0 aromatic heterocycles. The lowest BCUT2D eigenvalue weighted by Crippen LogP contribution is -2.39. The monoisotopic (exact) mass is 327 g/mol. The molecule has 0 aliphatic carbocycles. The molecular weight excluding hydrogens is 306 g/mol. The highest BCUT2D eigenvalue weighted by atomic mass is 35.5. The van der Waals surface area contributed by atoms with Crippen LogP contribution >= 0.6 is 11.6 Å². The van der Waals surface area contributed by atoms with E-state index >= 15 is 0 Å². The summed E-state index contributed by atoms with van der Waals surface area (Å²) in [6, 6.07) is 7.00. The highest BCUT2D eigenvalue weighted by molar-refractivity contribution is 6.30. The van der Waals surface area contributed by atoms with E-state index in [1.54, 1.807) is 45.0 Å². The van der Waals surface area contributed by atoms with E-state index < -0.39 is 23.6 Å². The number of carboxylic acid groups (broad SMARTS) is 1. The van der Waals surface area contributed by atoms with Gasteiger partial charge in [-0.2, -0.15) is 0 Å². The number of nitrogens with zero attached hydrogens (tertiary/aromatic N) is 1. The van der Waals surface area contributed by atoms with Gasteiger partial charge in [0, 0.05) is 18.6 Å². The smallest absolute Gasteiger partial charge is 0.410 e. The Morgan fingerprint density at radius 1 is 1.27 bits per heavy atom. The average Bonchev–Trinajstić information content (AvgIpc) is 2.38. The summed E-state index contributed by atoms with van der Waals surface area (Å²) in [5.41, 5.74) is 0.245. The Balaban J connectivity index is 2.70. The predicted octanol–water partition coefficient (Wildman–Crippen LogP) is 3.45. The number of halogens is 1. The summed E-state index contributed by atoms with van der Waals surface area (Å²) < 4.78 is 5.22. The normalized spacial score (nSPS) is 12.6. The fraction of sp³-hybridized carbons (Fsp3) is 0.500. The molecule has 0 aliphatic heterocycles. The van der Waals surface area contributed by atoms with E-state index in [1.807, 2.05) is 0 Å². The molecule has 0 fully saturated rings. The van der Waals surface area contributed by atoms with E-state index in [4.69, 9.17) is 16.3 Å². The average molecular weight is 328 g/mol. The summed E-state index contributed by atoms with van der Waals surface area (Å²) in [7, 11) is 1.53. The first-order valence-corrected chi connectivity index (χ1v) is 7.37. The summed E-state index contributed by atoms with van der Waals surface area (Å²) in [5, 5.41) is 9.95. The summed E-state index contributed by atoms with van der Waals surface area (Å²) in [6.45, 7) is 5.37. The molecule has 0 heterocycles. The minimum atomic E-state index is -0.953. The highest BCUT2D eigenvalue weighted by Gasteiger charge is 2.25. The second-order valence-electron chi connectivity index (χ2n) is 6.23. The lowest BCUT2D eigenvalue weighted by Gasteiger charge is -2.26. The van der Waals surface area contributed by atoms with Crippen LogP contribution in [0.5, 0.6) is 0 Å². The minimum absolute atomic E-state index is 0.0763. The van der Waals surface area contributed by atoms with Crippen LogP contribution in [0.4, 0.5) is 4.79 Å². The van der Waals surface area contributed by atoms with Gasteiger partial charge >= 0.3 is 12.1 Å². The number of hydrogen-bond acceptors (Lipinski definition) is 3. The summed E-state index contributed by atoms with van der Waals surface area (Å²) in [6.07, 6.45) is -0.213. The first-order valence-electron chi connectivity index (χ1n) is 7.00. The lowest BCUT2D eigenvalue weighted by atomic mass is 9.99. The molecule has 0 aliphatic rings. The molecule has 122 valence electrons. The van der Waals surface area contributed by atoms with Crippen LogP contribution in [0.2, 0.25) is 5.02 Å². The Morgan fingerprint density at radius 2 is 1.82 bits per heavy atom. The van der Waals surface area contributed by atoms with E-state index in [2.05, 4.69) is 0 Å². The van der Waals surface area contributed by atoms with Crippen LogP contribution in [-0.4, -0.2) is 41.3 Å². The maximum atomic E-state index is 11.9. The summed E-state index contributed by atoms with van der Waals surface area (Å²) in [4.78, 5) is 24.6. The van der Waals surface area contributed by atoms with Crippen molar-refractivity contribution in [2.75, 3.05) is 13.6 Å². The van der Waals surface area contributed by atoms with Crippen molar-refractivity contribution in [2.24, 2.45) is 5.92 Å². The molecule has 0 spiro atoms. The topological polar surface area (TPSA) is 66.8 Å². The SMILES string of the molecule is CN(CC(Cc1ccc(Cl)cc1)C(=O)O)C(=O)OC(C)(C)C. The third-order valence-corrected chi connectivity index (χ3v) is 3.20. The van der Waals surface area contributed by atoms with E-state index in [-0.39, 0.29) is 6.54 Å². The maximum absolute atomic E-state index is 11.9. The number of amides is 1. The van der Waals surface area contributed by atoms with Crippen molar-refractivity contribution in [3.05, 3.63) is 34.9 Å². The molecule has 6 heteroatoms. The van der Waals surface area contributed by atoms with Gasteiger partial charge in [-0.05, 0) is 44.9 Å². The van der Waals surface area contributed by atoms with Gasteiger partial charge in [0.05, 0.1) is 5.92 Å². The van der Waals surface area contributed by atoms with Gasteiger partial charge in [-0.1, -0.05) is 23.7 Å². The molecule has 1 N–H and O–H groups in total. The van der Waals surface area contributed by atoms with Crippen molar-refractivity contribution in [3.8, 4) is 0 Å². The fourth-order valence-corrected chi connectivity index (χ4v) is 2.01. The van der Waals surface area contributed by atoms with E-state index in [9.17, 15) is 14.7 Å². The fourth-order valence-electron chi connectivity index (χ4n) is 1.88. The van der Waals surface area contributed by atoms with Crippen molar-refractivity contribution >= 4 is 23.7 Å². The second kappa shape index (κ2) is 7.49. The van der Waals surface area contributed by atoms with Crippen LogP contribution in [-0.2, 0) is 16.0 Å². The molecule has 0 saturated carbocycles. The van der Waals surface area contributed by atoms with Crippen LogP contribution in [0.3, 0.4) is 0 Å². The summed E-state index contributed by atoms with van der Waals surface area (Å²) in [5.74, 6) is -1.66. The largest absolute Gasteiger partial charge is 0.481 e. The molecular formula is C16H22ClNO4. The second-order valence-corrected chi connectivity index (χ2v) is 6.66. The van der Waals surface area contributed by atoms with Crippen LogP contribution in [0, 0.1) is 5.92 Å². The molecule has 0 saturated heterocycles. The van der Waals surface area contributed by atoms with Crippen LogP contribution in [0.15, 0.2) is 24.3 Å². The van der Waals surface area contributed by atoms with Gasteiger partial charge < -0.3 is 14.7 Å². The van der Waals surface area contributed by atoms with E-state index in [1.165, 1.54) is 11.9 Å². The lowest BCUT2D eigenvalue weighted by molar-refractivity contribution is -0.142. The standard InChI is InChI=1S/C16H22ClNO4/c1-16(2,3)22-15(21)18(4)10-12(14(19)20)9-11-5-7-13(17)8-6-11/h5-8,12H,9-10H2,1-4H3,(H,19,20). The number of carbonyl (C=O) groups is 2. The van der Waals surface area contributed by atoms with Crippen LogP contribution < -0.4 is 0 Å². The Labute approximate surface area is 135 Å². The zero-order valence-corrected chi connectivity index (χ0v) is 14.1. The molecule has 1 unspecified atom stereocenters. The number of rotatable bonds is 5. The maximum Gasteiger partial charge on any atom is 0.410 e. The van der Waals surface area contributed by atoms with Crippen molar-refractivity contribution in [2.45, 2.75) is 32.8 Å². The van der Waals surface area contributed by atoms with E-state index in [0.29, 0.717) is 11.4 Å². The van der Waals surface area contributed by atoms with Crippen molar-refractivity contribution in [1.82, 2.24) is 4.90 Å². The number of carboxylic acids is 1. The van der Waals surface area contributed by atoms with Gasteiger partial charge in [0.25, 0.3) is 0 Å². The van der Waals surface area contributed by atoms with Gasteiger partial charge in [-0.25, -0.2) is 4.79 Å². The number of ether oxygens (including phenoxy) is 1. The van der Waals surface area contributed by atoms with Crippen molar-refractivity contribution in [3.63, 3.8) is 0 Å². The molecule has 0 bridgehead atoms. The first-order chi connectivity index (χ1) is 10.1. The molecule has 1 aromatic rings. The third kappa shape index (κ3) is 6.35. The number of benzene rings is 1. The van der Waals surface area contributed by atoms with Crippen molar-refractivity contribution < 1.29 is 19.4 Å². The van der Waals surface area contributed by atoms with Crippen molar-refractivity contribution in [1.29, 1.82) is 0 Å². The molecule has 1 amide bonds. The van der Waals surface area contributed by atoms with Crippen LogP contribution in [0.1, 0.15) is 26.3 Å². The Morgan fingerprint density at radius 3 is 2.27 bits per heavy atom. The number of aliphatic carboxylic acids is 1. The Bertz CT molecular complexity index is 522. The van der Waals surface area contributed by atoms with E-state index in [0.717, 1.165) is 5.56 Å². The minimum Gasteiger partial charge on any atom is -0.481 e. The zero-order chi connectivity index (χ0) is 16.9.